The Morgan fingerprint density at radius 3 is 2.81 bits per heavy atom. The standard InChI is InChI=1S/C20H21N3O3/c24-12-15-9-10-17(26-15)19-18(14-6-2-1-3-7-14)22-13-23(19)16-8-4-5-11-21-20(16)25/h1-3,6-7,9-10,13,16,24H,4-5,8,11-12H2,(H,21,25)/t16-/m0/s1. The number of hydrogen-bond acceptors (Lipinski definition) is 4. The molecule has 0 bridgehead atoms. The summed E-state index contributed by atoms with van der Waals surface area (Å²) in [6.45, 7) is 0.541. The van der Waals surface area contributed by atoms with Crippen LogP contribution in [0.3, 0.4) is 0 Å². The lowest BCUT2D eigenvalue weighted by atomic mass is 10.1. The third kappa shape index (κ3) is 3.04. The van der Waals surface area contributed by atoms with E-state index in [9.17, 15) is 9.90 Å². The molecule has 134 valence electrons. The van der Waals surface area contributed by atoms with Crippen molar-refractivity contribution in [2.75, 3.05) is 6.54 Å². The van der Waals surface area contributed by atoms with Crippen LogP contribution >= 0.6 is 0 Å². The minimum Gasteiger partial charge on any atom is -0.457 e. The Morgan fingerprint density at radius 1 is 1.19 bits per heavy atom. The van der Waals surface area contributed by atoms with Gasteiger partial charge in [0.25, 0.3) is 0 Å². The highest BCUT2D eigenvalue weighted by atomic mass is 16.4. The Morgan fingerprint density at radius 2 is 2.04 bits per heavy atom. The number of nitrogens with one attached hydrogen (secondary N) is 1. The van der Waals surface area contributed by atoms with E-state index in [1.165, 1.54) is 0 Å². The normalized spacial score (nSPS) is 17.7. The van der Waals surface area contributed by atoms with E-state index in [1.54, 1.807) is 12.4 Å². The van der Waals surface area contributed by atoms with Gasteiger partial charge >= 0.3 is 0 Å². The van der Waals surface area contributed by atoms with Gasteiger partial charge in [-0.25, -0.2) is 4.98 Å². The van der Waals surface area contributed by atoms with E-state index in [2.05, 4.69) is 10.3 Å². The number of carbonyl (C=O) groups excluding carboxylic acids is 1. The lowest BCUT2D eigenvalue weighted by Crippen LogP contribution is -2.30. The molecule has 3 aromatic rings. The zero-order valence-electron chi connectivity index (χ0n) is 14.4. The molecule has 1 saturated heterocycles. The van der Waals surface area contributed by atoms with Gasteiger partial charge in [0.05, 0.1) is 12.0 Å². The quantitative estimate of drug-likeness (QED) is 0.757. The third-order valence-electron chi connectivity index (χ3n) is 4.73. The van der Waals surface area contributed by atoms with Crippen molar-refractivity contribution in [2.45, 2.75) is 31.9 Å². The molecule has 3 heterocycles. The Kier molecular flexibility index (Phi) is 4.58. The van der Waals surface area contributed by atoms with Crippen molar-refractivity contribution in [1.82, 2.24) is 14.9 Å². The molecule has 0 aliphatic carbocycles. The molecule has 1 fully saturated rings. The van der Waals surface area contributed by atoms with Gasteiger partial charge in [0, 0.05) is 12.1 Å². The number of aliphatic hydroxyl groups excluding tert-OH is 1. The fourth-order valence-corrected chi connectivity index (χ4v) is 3.43. The minimum absolute atomic E-state index is 0.00898. The van der Waals surface area contributed by atoms with E-state index in [-0.39, 0.29) is 18.6 Å². The van der Waals surface area contributed by atoms with E-state index in [1.807, 2.05) is 41.0 Å². The maximum Gasteiger partial charge on any atom is 0.243 e. The van der Waals surface area contributed by atoms with E-state index in [4.69, 9.17) is 4.42 Å². The number of imidazole rings is 1. The Balaban J connectivity index is 1.86. The molecular weight excluding hydrogens is 330 g/mol. The first kappa shape index (κ1) is 16.6. The molecule has 0 spiro atoms. The van der Waals surface area contributed by atoms with E-state index in [0.29, 0.717) is 18.1 Å². The molecule has 1 aliphatic rings. The van der Waals surface area contributed by atoms with Gasteiger partial charge in [-0.05, 0) is 31.4 Å². The van der Waals surface area contributed by atoms with Crippen molar-refractivity contribution in [3.05, 3.63) is 54.6 Å². The summed E-state index contributed by atoms with van der Waals surface area (Å²) in [6, 6.07) is 13.1. The summed E-state index contributed by atoms with van der Waals surface area (Å²) in [7, 11) is 0. The minimum atomic E-state index is -0.319. The molecule has 6 heteroatoms. The highest BCUT2D eigenvalue weighted by Gasteiger charge is 2.28. The molecule has 2 N–H and O–H groups in total. The number of furan rings is 1. The zero-order chi connectivity index (χ0) is 17.9. The fraction of sp³-hybridized carbons (Fsp3) is 0.300. The van der Waals surface area contributed by atoms with Gasteiger partial charge in [-0.1, -0.05) is 30.3 Å². The molecule has 1 aromatic carbocycles. The van der Waals surface area contributed by atoms with Crippen molar-refractivity contribution >= 4 is 5.91 Å². The maximum absolute atomic E-state index is 12.6. The van der Waals surface area contributed by atoms with Crippen LogP contribution in [-0.2, 0) is 11.4 Å². The second-order valence-corrected chi connectivity index (χ2v) is 6.44. The van der Waals surface area contributed by atoms with Gasteiger partial charge in [0.15, 0.2) is 5.76 Å². The average Bonchev–Trinajstić information content (AvgIpc) is 3.26. The first-order chi connectivity index (χ1) is 12.8. The maximum atomic E-state index is 12.6. The summed E-state index contributed by atoms with van der Waals surface area (Å²) in [5.41, 5.74) is 2.48. The second-order valence-electron chi connectivity index (χ2n) is 6.44. The summed E-state index contributed by atoms with van der Waals surface area (Å²) in [6.07, 6.45) is 4.43. The number of aliphatic hydroxyl groups is 1. The van der Waals surface area contributed by atoms with Gasteiger partial charge in [-0.3, -0.25) is 4.79 Å². The molecule has 0 radical (unpaired) electrons. The van der Waals surface area contributed by atoms with E-state index < -0.39 is 0 Å². The van der Waals surface area contributed by atoms with Crippen LogP contribution in [0.2, 0.25) is 0 Å². The molecule has 1 amide bonds. The molecule has 4 rings (SSSR count). The van der Waals surface area contributed by atoms with Gasteiger partial charge in [0.1, 0.15) is 24.1 Å². The van der Waals surface area contributed by atoms with Gasteiger partial charge in [-0.15, -0.1) is 0 Å². The highest BCUT2D eigenvalue weighted by molar-refractivity contribution is 5.83. The van der Waals surface area contributed by atoms with Crippen molar-refractivity contribution in [1.29, 1.82) is 0 Å². The second kappa shape index (κ2) is 7.17. The van der Waals surface area contributed by atoms with Crippen LogP contribution in [0.15, 0.2) is 53.2 Å². The van der Waals surface area contributed by atoms with Crippen LogP contribution in [0.5, 0.6) is 0 Å². The van der Waals surface area contributed by atoms with Crippen molar-refractivity contribution in [2.24, 2.45) is 0 Å². The predicted octanol–water partition coefficient (Wildman–Crippen LogP) is 3.14. The molecule has 1 aliphatic heterocycles. The van der Waals surface area contributed by atoms with Crippen molar-refractivity contribution in [3.8, 4) is 22.7 Å². The molecule has 0 unspecified atom stereocenters. The molecule has 0 saturated carbocycles. The number of aromatic nitrogens is 2. The lowest BCUT2D eigenvalue weighted by Gasteiger charge is -2.17. The topological polar surface area (TPSA) is 80.3 Å². The van der Waals surface area contributed by atoms with Crippen molar-refractivity contribution < 1.29 is 14.3 Å². The Bertz CT molecular complexity index is 898. The SMILES string of the molecule is O=C1NCCCC[C@@H]1n1cnc(-c2ccccc2)c1-c1ccc(CO)o1. The molecule has 6 nitrogen and oxygen atoms in total. The fourth-order valence-electron chi connectivity index (χ4n) is 3.43. The van der Waals surface area contributed by atoms with Crippen LogP contribution in [0, 0.1) is 0 Å². The number of rotatable bonds is 4. The Hall–Kier alpha value is -2.86. The van der Waals surface area contributed by atoms with E-state index >= 15 is 0 Å². The molecule has 1 atom stereocenters. The summed E-state index contributed by atoms with van der Waals surface area (Å²) < 4.78 is 7.70. The summed E-state index contributed by atoms with van der Waals surface area (Å²) in [5, 5.41) is 12.3. The summed E-state index contributed by atoms with van der Waals surface area (Å²) in [4.78, 5) is 17.2. The number of nitrogens with zero attached hydrogens (tertiary/aromatic N) is 2. The number of carbonyl (C=O) groups is 1. The molecular formula is C20H21N3O3. The molecule has 2 aromatic heterocycles. The van der Waals surface area contributed by atoms with Crippen LogP contribution < -0.4 is 5.32 Å². The third-order valence-corrected chi connectivity index (χ3v) is 4.73. The summed E-state index contributed by atoms with van der Waals surface area (Å²) >= 11 is 0. The lowest BCUT2D eigenvalue weighted by molar-refractivity contribution is -0.124. The number of amides is 1. The van der Waals surface area contributed by atoms with Crippen molar-refractivity contribution in [3.63, 3.8) is 0 Å². The summed E-state index contributed by atoms with van der Waals surface area (Å²) in [5.74, 6) is 1.09. The van der Waals surface area contributed by atoms with Crippen LogP contribution in [0.4, 0.5) is 0 Å². The van der Waals surface area contributed by atoms with Crippen LogP contribution in [0.1, 0.15) is 31.1 Å². The molecule has 26 heavy (non-hydrogen) atoms. The van der Waals surface area contributed by atoms with Crippen LogP contribution in [0.25, 0.3) is 22.7 Å². The van der Waals surface area contributed by atoms with Gasteiger partial charge < -0.3 is 19.4 Å². The monoisotopic (exact) mass is 351 g/mol. The first-order valence-corrected chi connectivity index (χ1v) is 8.88. The highest BCUT2D eigenvalue weighted by Crippen LogP contribution is 2.35. The van der Waals surface area contributed by atoms with Crippen LogP contribution in [-0.4, -0.2) is 27.1 Å². The van der Waals surface area contributed by atoms with E-state index in [0.717, 1.165) is 36.2 Å². The largest absolute Gasteiger partial charge is 0.457 e. The average molecular weight is 351 g/mol. The first-order valence-electron chi connectivity index (χ1n) is 8.88. The zero-order valence-corrected chi connectivity index (χ0v) is 14.4. The Labute approximate surface area is 151 Å². The number of hydrogen-bond donors (Lipinski definition) is 2. The van der Waals surface area contributed by atoms with Gasteiger partial charge in [0.2, 0.25) is 5.91 Å². The van der Waals surface area contributed by atoms with Gasteiger partial charge in [-0.2, -0.15) is 0 Å². The smallest absolute Gasteiger partial charge is 0.243 e. The number of benzene rings is 1. The predicted molar refractivity (Wildman–Crippen MR) is 97.2 cm³/mol.